The summed E-state index contributed by atoms with van der Waals surface area (Å²) in [5.41, 5.74) is 0. The van der Waals surface area contributed by atoms with Crippen molar-refractivity contribution < 1.29 is 0 Å². The van der Waals surface area contributed by atoms with Crippen LogP contribution in [0.4, 0.5) is 0 Å². The predicted molar refractivity (Wildman–Crippen MR) is 68.7 cm³/mol. The summed E-state index contributed by atoms with van der Waals surface area (Å²) in [7, 11) is 0. The molecule has 2 heteroatoms. The van der Waals surface area contributed by atoms with Gasteiger partial charge in [0.2, 0.25) is 0 Å². The van der Waals surface area contributed by atoms with Crippen LogP contribution in [0.5, 0.6) is 0 Å². The Morgan fingerprint density at radius 3 is 1.92 bits per heavy atom. The van der Waals surface area contributed by atoms with Crippen LogP contribution in [-0.4, -0.2) is 21.6 Å². The number of unbranched alkanes of at least 4 members (excludes halogenated alkanes) is 1. The normalized spacial score (nSPS) is 13.4. The van der Waals surface area contributed by atoms with Gasteiger partial charge < -0.3 is 0 Å². The Morgan fingerprint density at radius 2 is 1.62 bits per heavy atom. The van der Waals surface area contributed by atoms with Gasteiger partial charge in [0.15, 0.2) is 0 Å². The minimum absolute atomic E-state index is 0.400. The van der Waals surface area contributed by atoms with E-state index in [0.29, 0.717) is 15.1 Å². The van der Waals surface area contributed by atoms with E-state index in [2.05, 4.69) is 34.6 Å². The summed E-state index contributed by atoms with van der Waals surface area (Å²) in [5, 5.41) is 0. The summed E-state index contributed by atoms with van der Waals surface area (Å²) in [6, 6.07) is 4.75. The summed E-state index contributed by atoms with van der Waals surface area (Å²) in [5.74, 6) is 0. The third kappa shape index (κ3) is 5.27. The molecule has 1 atom stereocenters. The molecule has 0 heterocycles. The van der Waals surface area contributed by atoms with Gasteiger partial charge in [-0.05, 0) is 0 Å². The molecule has 80 valence electrons. The molecule has 0 aliphatic carbocycles. The van der Waals surface area contributed by atoms with E-state index in [1.54, 1.807) is 18.1 Å². The van der Waals surface area contributed by atoms with Gasteiger partial charge in [-0.25, -0.2) is 0 Å². The van der Waals surface area contributed by atoms with Crippen LogP contribution in [0.3, 0.4) is 0 Å². The van der Waals surface area contributed by atoms with E-state index in [4.69, 9.17) is 0 Å². The number of hydrogen-bond donors (Lipinski definition) is 0. The van der Waals surface area contributed by atoms with E-state index < -0.39 is 6.54 Å². The van der Waals surface area contributed by atoms with E-state index in [-0.39, 0.29) is 0 Å². The van der Waals surface area contributed by atoms with E-state index in [0.717, 1.165) is 4.71 Å². The van der Waals surface area contributed by atoms with Gasteiger partial charge in [-0.1, -0.05) is 0 Å². The molecule has 0 fully saturated rings. The van der Waals surface area contributed by atoms with E-state index in [1.807, 2.05) is 0 Å². The van der Waals surface area contributed by atoms with Crippen molar-refractivity contribution in [3.8, 4) is 0 Å². The molecular formula is C11H27AsSi. The van der Waals surface area contributed by atoms with Crippen LogP contribution < -0.4 is 0 Å². The summed E-state index contributed by atoms with van der Waals surface area (Å²) >= 11 is 0.400. The second kappa shape index (κ2) is 7.12. The molecule has 0 spiro atoms. The average molecular weight is 262 g/mol. The Morgan fingerprint density at radius 1 is 1.08 bits per heavy atom. The fourth-order valence-electron chi connectivity index (χ4n) is 2.01. The van der Waals surface area contributed by atoms with Crippen molar-refractivity contribution in [1.82, 2.24) is 0 Å². The predicted octanol–water partition coefficient (Wildman–Crippen LogP) is 4.04. The molecular weight excluding hydrogens is 235 g/mol. The van der Waals surface area contributed by atoms with Crippen LogP contribution in [0.1, 0.15) is 47.5 Å². The zero-order valence-corrected chi connectivity index (χ0v) is 13.2. The van der Waals surface area contributed by atoms with Gasteiger partial charge in [0.1, 0.15) is 0 Å². The van der Waals surface area contributed by atoms with Crippen LogP contribution in [0.15, 0.2) is 0 Å². The van der Waals surface area contributed by atoms with Crippen molar-refractivity contribution in [3.05, 3.63) is 0 Å². The van der Waals surface area contributed by atoms with Crippen LogP contribution in [0.2, 0.25) is 22.8 Å². The minimum atomic E-state index is -0.702. The molecule has 0 saturated carbocycles. The van der Waals surface area contributed by atoms with E-state index >= 15 is 0 Å². The molecule has 0 nitrogen and oxygen atoms in total. The molecule has 0 aliphatic rings. The molecule has 0 N–H and O–H groups in total. The molecule has 0 rings (SSSR count). The fraction of sp³-hybridized carbons (Fsp3) is 1.00. The maximum atomic E-state index is 2.46. The third-order valence-electron chi connectivity index (χ3n) is 2.96. The van der Waals surface area contributed by atoms with Crippen LogP contribution >= 0.6 is 0 Å². The Balaban J connectivity index is 4.13. The van der Waals surface area contributed by atoms with Crippen LogP contribution in [-0.2, 0) is 0 Å². The first-order valence-electron chi connectivity index (χ1n) is 5.88. The summed E-state index contributed by atoms with van der Waals surface area (Å²) in [6.07, 6.45) is 2.91. The molecule has 0 aromatic rings. The molecule has 0 aromatic carbocycles. The van der Waals surface area contributed by atoms with Crippen molar-refractivity contribution in [2.75, 3.05) is 0 Å². The molecule has 13 heavy (non-hydrogen) atoms. The second-order valence-corrected chi connectivity index (χ2v) is 20.1. The second-order valence-electron chi connectivity index (χ2n) is 4.39. The van der Waals surface area contributed by atoms with Gasteiger partial charge >= 0.3 is 91.9 Å². The quantitative estimate of drug-likeness (QED) is 0.607. The van der Waals surface area contributed by atoms with Gasteiger partial charge in [-0.2, -0.15) is 0 Å². The first kappa shape index (κ1) is 13.8. The summed E-state index contributed by atoms with van der Waals surface area (Å²) in [6.45, 7) is 11.4. The van der Waals surface area contributed by atoms with Crippen LogP contribution in [0.25, 0.3) is 0 Å². The standard InChI is InChI=1S/C11H27AsSi/c1-6-9-10-13(7-2,8-3)12-11(4)5/h11-12H,6-10H2,1-5H3. The monoisotopic (exact) mass is 262 g/mol. The van der Waals surface area contributed by atoms with E-state index in [1.165, 1.54) is 12.8 Å². The van der Waals surface area contributed by atoms with Crippen molar-refractivity contribution in [3.63, 3.8) is 0 Å². The van der Waals surface area contributed by atoms with E-state index in [9.17, 15) is 0 Å². The molecule has 0 amide bonds. The molecule has 1 unspecified atom stereocenters. The molecule has 0 bridgehead atoms. The van der Waals surface area contributed by atoms with Gasteiger partial charge in [0.25, 0.3) is 0 Å². The van der Waals surface area contributed by atoms with Gasteiger partial charge in [-0.3, -0.25) is 0 Å². The zero-order chi connectivity index (χ0) is 10.3. The molecule has 0 radical (unpaired) electrons. The summed E-state index contributed by atoms with van der Waals surface area (Å²) in [4.78, 5) is 0. The number of hydrogen-bond acceptors (Lipinski definition) is 0. The molecule has 0 aliphatic heterocycles. The fourth-order valence-corrected chi connectivity index (χ4v) is 18.3. The topological polar surface area (TPSA) is 0 Å². The van der Waals surface area contributed by atoms with Crippen molar-refractivity contribution in [2.24, 2.45) is 0 Å². The Bertz CT molecular complexity index is 119. The Labute approximate surface area is 92.0 Å². The molecule has 0 aromatic heterocycles. The van der Waals surface area contributed by atoms with Crippen molar-refractivity contribution in [1.29, 1.82) is 0 Å². The molecule has 0 saturated heterocycles. The Hall–Kier alpha value is 0.775. The average Bonchev–Trinajstić information content (AvgIpc) is 2.12. The maximum absolute atomic E-state index is 2.46. The summed E-state index contributed by atoms with van der Waals surface area (Å²) < 4.78 is 1.04. The third-order valence-corrected chi connectivity index (χ3v) is 21.7. The van der Waals surface area contributed by atoms with Crippen molar-refractivity contribution in [2.45, 2.75) is 70.3 Å². The zero-order valence-electron chi connectivity index (χ0n) is 10.1. The first-order valence-corrected chi connectivity index (χ1v) is 12.9. The van der Waals surface area contributed by atoms with Gasteiger partial charge in [-0.15, -0.1) is 0 Å². The van der Waals surface area contributed by atoms with Gasteiger partial charge in [0, 0.05) is 0 Å². The Kier molecular flexibility index (Phi) is 7.54. The first-order chi connectivity index (χ1) is 6.10. The number of rotatable bonds is 7. The van der Waals surface area contributed by atoms with Crippen LogP contribution in [0, 0.1) is 0 Å². The van der Waals surface area contributed by atoms with Crippen molar-refractivity contribution >= 4 is 21.6 Å². The van der Waals surface area contributed by atoms with Gasteiger partial charge in [0.05, 0.1) is 0 Å². The SMILES string of the molecule is CCCC[Si](CC)(CC)[AsH]C(C)C.